The maximum absolute atomic E-state index is 12.3. The number of rotatable bonds is 3. The van der Waals surface area contributed by atoms with Crippen molar-refractivity contribution in [1.29, 1.82) is 0 Å². The van der Waals surface area contributed by atoms with Gasteiger partial charge >= 0.3 is 0 Å². The van der Waals surface area contributed by atoms with Crippen LogP contribution in [0.4, 0.5) is 0 Å². The minimum absolute atomic E-state index is 0.0903. The predicted octanol–water partition coefficient (Wildman–Crippen LogP) is 4.01. The number of hydrogen-bond donors (Lipinski definition) is 1. The lowest BCUT2D eigenvalue weighted by Gasteiger charge is -2.18. The molecule has 3 nitrogen and oxygen atoms in total. The molecule has 21 heavy (non-hydrogen) atoms. The van der Waals surface area contributed by atoms with Crippen molar-refractivity contribution in [3.05, 3.63) is 43.3 Å². The summed E-state index contributed by atoms with van der Waals surface area (Å²) in [5.41, 5.74) is 5.88. The average molecular weight is 318 g/mol. The Morgan fingerprint density at radius 1 is 1.48 bits per heavy atom. The summed E-state index contributed by atoms with van der Waals surface area (Å²) in [5.74, 6) is 0.638. The molecule has 2 aromatic rings. The van der Waals surface area contributed by atoms with Crippen LogP contribution in [0.5, 0.6) is 0 Å². The zero-order valence-electron chi connectivity index (χ0n) is 12.2. The molecular formula is C16H18N2OS2. The predicted molar refractivity (Wildman–Crippen MR) is 89.6 cm³/mol. The molecule has 1 amide bonds. The van der Waals surface area contributed by atoms with Gasteiger partial charge in [-0.25, -0.2) is 5.43 Å². The Morgan fingerprint density at radius 2 is 2.33 bits per heavy atom. The van der Waals surface area contributed by atoms with Crippen LogP contribution in [0.1, 0.15) is 44.6 Å². The number of hydrazone groups is 1. The highest BCUT2D eigenvalue weighted by Gasteiger charge is 2.22. The average Bonchev–Trinajstić information content (AvgIpc) is 3.05. The van der Waals surface area contributed by atoms with Crippen molar-refractivity contribution >= 4 is 34.8 Å². The summed E-state index contributed by atoms with van der Waals surface area (Å²) in [6.07, 6.45) is 5.00. The van der Waals surface area contributed by atoms with Gasteiger partial charge in [-0.2, -0.15) is 5.10 Å². The van der Waals surface area contributed by atoms with Gasteiger partial charge in [0.1, 0.15) is 0 Å². The van der Waals surface area contributed by atoms with Gasteiger partial charge in [0.25, 0.3) is 5.91 Å². The zero-order valence-corrected chi connectivity index (χ0v) is 13.8. The first-order chi connectivity index (χ1) is 10.1. The quantitative estimate of drug-likeness (QED) is 0.674. The number of carbonyl (C=O) groups excluding carboxylic acids is 1. The molecule has 0 saturated carbocycles. The lowest BCUT2D eigenvalue weighted by atomic mass is 9.88. The van der Waals surface area contributed by atoms with Crippen molar-refractivity contribution < 1.29 is 4.79 Å². The minimum Gasteiger partial charge on any atom is -0.267 e. The van der Waals surface area contributed by atoms with Gasteiger partial charge in [0.05, 0.1) is 11.8 Å². The number of aryl methyl sites for hydroxylation is 1. The standard InChI is InChI=1S/C16H18N2OS2/c1-10-3-4-12-13(9-21-14(12)7-10)16(19)18-17-8-15-11(2)5-6-20-15/h5-6,8-10H,3-4,7H2,1-2H3,(H,18,19)/b17-8-/t10-/m0/s1. The number of carbonyl (C=O) groups is 1. The molecule has 0 saturated heterocycles. The van der Waals surface area contributed by atoms with Crippen LogP contribution in [0.2, 0.25) is 0 Å². The molecule has 0 radical (unpaired) electrons. The molecule has 0 aliphatic heterocycles. The highest BCUT2D eigenvalue weighted by Crippen LogP contribution is 2.32. The molecule has 110 valence electrons. The molecule has 0 fully saturated rings. The molecule has 0 bridgehead atoms. The van der Waals surface area contributed by atoms with Crippen LogP contribution in [0.3, 0.4) is 0 Å². The van der Waals surface area contributed by atoms with Gasteiger partial charge in [-0.1, -0.05) is 6.92 Å². The lowest BCUT2D eigenvalue weighted by molar-refractivity contribution is 0.0954. The van der Waals surface area contributed by atoms with Crippen molar-refractivity contribution in [2.45, 2.75) is 33.1 Å². The second-order valence-electron chi connectivity index (χ2n) is 5.57. The third-order valence-electron chi connectivity index (χ3n) is 3.90. The number of thiophene rings is 2. The highest BCUT2D eigenvalue weighted by atomic mass is 32.1. The molecule has 1 aliphatic rings. The van der Waals surface area contributed by atoms with Gasteiger partial charge < -0.3 is 0 Å². The van der Waals surface area contributed by atoms with Crippen molar-refractivity contribution in [3.8, 4) is 0 Å². The first-order valence-corrected chi connectivity index (χ1v) is 8.88. The lowest BCUT2D eigenvalue weighted by Crippen LogP contribution is -2.20. The molecule has 0 unspecified atom stereocenters. The van der Waals surface area contributed by atoms with Gasteiger partial charge in [0.15, 0.2) is 0 Å². The van der Waals surface area contributed by atoms with Crippen LogP contribution in [-0.4, -0.2) is 12.1 Å². The molecule has 3 rings (SSSR count). The van der Waals surface area contributed by atoms with Crippen LogP contribution >= 0.6 is 22.7 Å². The maximum atomic E-state index is 12.3. The van der Waals surface area contributed by atoms with Crippen molar-refractivity contribution in [1.82, 2.24) is 5.43 Å². The van der Waals surface area contributed by atoms with E-state index in [-0.39, 0.29) is 5.91 Å². The van der Waals surface area contributed by atoms with E-state index in [0.29, 0.717) is 0 Å². The fourth-order valence-electron chi connectivity index (χ4n) is 2.59. The number of nitrogens with one attached hydrogen (secondary N) is 1. The summed E-state index contributed by atoms with van der Waals surface area (Å²) in [6.45, 7) is 4.31. The number of fused-ring (bicyclic) bond motifs is 1. The first kappa shape index (κ1) is 14.5. The van der Waals surface area contributed by atoms with Gasteiger partial charge in [-0.3, -0.25) is 4.79 Å². The topological polar surface area (TPSA) is 41.5 Å². The molecule has 0 aromatic carbocycles. The first-order valence-electron chi connectivity index (χ1n) is 7.12. The van der Waals surface area contributed by atoms with Crippen LogP contribution in [-0.2, 0) is 12.8 Å². The fourth-order valence-corrected chi connectivity index (χ4v) is 4.62. The normalized spacial score (nSPS) is 17.9. The minimum atomic E-state index is -0.0903. The largest absolute Gasteiger partial charge is 0.272 e. The van der Waals surface area contributed by atoms with E-state index in [1.165, 1.54) is 22.4 Å². The van der Waals surface area contributed by atoms with E-state index < -0.39 is 0 Å². The molecule has 1 aliphatic carbocycles. The maximum Gasteiger partial charge on any atom is 0.272 e. The summed E-state index contributed by atoms with van der Waals surface area (Å²) in [5, 5.41) is 8.08. The summed E-state index contributed by atoms with van der Waals surface area (Å²) >= 11 is 3.33. The van der Waals surface area contributed by atoms with E-state index in [9.17, 15) is 4.79 Å². The second kappa shape index (κ2) is 6.12. The molecule has 1 N–H and O–H groups in total. The van der Waals surface area contributed by atoms with Gasteiger partial charge in [0.2, 0.25) is 0 Å². The van der Waals surface area contributed by atoms with E-state index in [0.717, 1.165) is 29.2 Å². The molecule has 0 spiro atoms. The van der Waals surface area contributed by atoms with Crippen LogP contribution in [0, 0.1) is 12.8 Å². The molecule has 2 heterocycles. The van der Waals surface area contributed by atoms with Crippen LogP contribution in [0.25, 0.3) is 0 Å². The summed E-state index contributed by atoms with van der Waals surface area (Å²) in [4.78, 5) is 14.7. The number of hydrogen-bond acceptors (Lipinski definition) is 4. The van der Waals surface area contributed by atoms with Gasteiger partial charge in [-0.15, -0.1) is 22.7 Å². The molecule has 1 atom stereocenters. The Bertz CT molecular complexity index is 684. The SMILES string of the molecule is Cc1ccsc1/C=N\NC(=O)c1csc2c1CC[C@H](C)C2. The van der Waals surface area contributed by atoms with E-state index >= 15 is 0 Å². The Kier molecular flexibility index (Phi) is 4.22. The number of amides is 1. The Labute approximate surface area is 132 Å². The summed E-state index contributed by atoms with van der Waals surface area (Å²) < 4.78 is 0. The second-order valence-corrected chi connectivity index (χ2v) is 7.48. The summed E-state index contributed by atoms with van der Waals surface area (Å²) in [7, 11) is 0. The Balaban J connectivity index is 1.69. The van der Waals surface area contributed by atoms with Crippen molar-refractivity contribution in [2.24, 2.45) is 11.0 Å². The highest BCUT2D eigenvalue weighted by molar-refractivity contribution is 7.12. The van der Waals surface area contributed by atoms with Crippen molar-refractivity contribution in [2.75, 3.05) is 0 Å². The van der Waals surface area contributed by atoms with Crippen LogP contribution < -0.4 is 5.43 Å². The zero-order chi connectivity index (χ0) is 14.8. The van der Waals surface area contributed by atoms with Gasteiger partial charge in [0, 0.05) is 15.1 Å². The Morgan fingerprint density at radius 3 is 3.10 bits per heavy atom. The molecule has 5 heteroatoms. The van der Waals surface area contributed by atoms with E-state index in [1.54, 1.807) is 28.9 Å². The third-order valence-corrected chi connectivity index (χ3v) is 5.90. The number of nitrogens with zero attached hydrogens (tertiary/aromatic N) is 1. The van der Waals surface area contributed by atoms with Gasteiger partial charge in [-0.05, 0) is 54.7 Å². The van der Waals surface area contributed by atoms with E-state index in [2.05, 4.69) is 17.5 Å². The molecular weight excluding hydrogens is 300 g/mol. The third kappa shape index (κ3) is 3.09. The Hall–Kier alpha value is -1.46. The van der Waals surface area contributed by atoms with E-state index in [1.807, 2.05) is 23.8 Å². The van der Waals surface area contributed by atoms with Crippen molar-refractivity contribution in [3.63, 3.8) is 0 Å². The monoisotopic (exact) mass is 318 g/mol. The molecule has 2 aromatic heterocycles. The van der Waals surface area contributed by atoms with Crippen LogP contribution in [0.15, 0.2) is 21.9 Å². The summed E-state index contributed by atoms with van der Waals surface area (Å²) in [6, 6.07) is 2.05. The van der Waals surface area contributed by atoms with E-state index in [4.69, 9.17) is 0 Å². The smallest absolute Gasteiger partial charge is 0.267 e. The fraction of sp³-hybridized carbons (Fsp3) is 0.375.